The molecule has 0 fully saturated rings. The first-order chi connectivity index (χ1) is 9.34. The molecule has 0 bridgehead atoms. The molecule has 1 aromatic heterocycles. The minimum atomic E-state index is -0.417. The van der Waals surface area contributed by atoms with E-state index in [2.05, 4.69) is 18.8 Å². The first-order valence-corrected chi connectivity index (χ1v) is 7.08. The van der Waals surface area contributed by atoms with Crippen LogP contribution in [0.1, 0.15) is 41.9 Å². The van der Waals surface area contributed by atoms with Crippen molar-refractivity contribution in [2.45, 2.75) is 33.1 Å². The molecule has 0 spiro atoms. The SMILES string of the molecule is CN(CC(C)(C)CN)c1nc2c(cc1C(N)=O)CCC2. The third-order valence-electron chi connectivity index (χ3n) is 3.88. The van der Waals surface area contributed by atoms with E-state index >= 15 is 0 Å². The molecule has 5 nitrogen and oxygen atoms in total. The van der Waals surface area contributed by atoms with Crippen LogP contribution in [0, 0.1) is 5.41 Å². The maximum Gasteiger partial charge on any atom is 0.252 e. The fourth-order valence-corrected chi connectivity index (χ4v) is 2.71. The van der Waals surface area contributed by atoms with Crippen LogP contribution < -0.4 is 16.4 Å². The number of carbonyl (C=O) groups excluding carboxylic acids is 1. The molecule has 0 atom stereocenters. The lowest BCUT2D eigenvalue weighted by atomic mass is 9.93. The molecule has 1 aliphatic rings. The summed E-state index contributed by atoms with van der Waals surface area (Å²) in [5, 5.41) is 0. The molecule has 5 heteroatoms. The van der Waals surface area contributed by atoms with Gasteiger partial charge in [-0.05, 0) is 42.9 Å². The molecule has 1 amide bonds. The highest BCUT2D eigenvalue weighted by molar-refractivity contribution is 5.98. The maximum atomic E-state index is 11.7. The summed E-state index contributed by atoms with van der Waals surface area (Å²) in [7, 11) is 1.94. The number of aryl methyl sites for hydroxylation is 2. The quantitative estimate of drug-likeness (QED) is 0.843. The second-order valence-corrected chi connectivity index (χ2v) is 6.41. The summed E-state index contributed by atoms with van der Waals surface area (Å²) >= 11 is 0. The first kappa shape index (κ1) is 14.8. The van der Waals surface area contributed by atoms with Crippen LogP contribution in [0.15, 0.2) is 6.07 Å². The van der Waals surface area contributed by atoms with Gasteiger partial charge in [0.05, 0.1) is 5.56 Å². The van der Waals surface area contributed by atoms with E-state index in [1.54, 1.807) is 0 Å². The second kappa shape index (κ2) is 5.40. The minimum absolute atomic E-state index is 0.0373. The largest absolute Gasteiger partial charge is 0.365 e. The molecule has 4 N–H and O–H groups in total. The van der Waals surface area contributed by atoms with E-state index in [0.717, 1.165) is 37.1 Å². The number of hydrogen-bond acceptors (Lipinski definition) is 4. The lowest BCUT2D eigenvalue weighted by molar-refractivity contribution is 0.1000. The summed E-state index contributed by atoms with van der Waals surface area (Å²) < 4.78 is 0. The van der Waals surface area contributed by atoms with Gasteiger partial charge in [0, 0.05) is 19.3 Å². The predicted octanol–water partition coefficient (Wildman–Crippen LogP) is 1.09. The average Bonchev–Trinajstić information content (AvgIpc) is 2.83. The van der Waals surface area contributed by atoms with Crippen molar-refractivity contribution in [1.29, 1.82) is 0 Å². The Morgan fingerprint density at radius 3 is 2.75 bits per heavy atom. The molecule has 0 aromatic carbocycles. The van der Waals surface area contributed by atoms with Crippen molar-refractivity contribution in [2.75, 3.05) is 25.0 Å². The van der Waals surface area contributed by atoms with Crippen LogP contribution in [-0.2, 0) is 12.8 Å². The monoisotopic (exact) mass is 276 g/mol. The van der Waals surface area contributed by atoms with Gasteiger partial charge in [0.1, 0.15) is 5.82 Å². The van der Waals surface area contributed by atoms with Crippen LogP contribution in [0.25, 0.3) is 0 Å². The Bertz CT molecular complexity index is 525. The van der Waals surface area contributed by atoms with Gasteiger partial charge in [0.25, 0.3) is 5.91 Å². The molecule has 0 saturated heterocycles. The molecule has 1 heterocycles. The zero-order valence-corrected chi connectivity index (χ0v) is 12.6. The zero-order valence-electron chi connectivity index (χ0n) is 12.6. The number of primary amides is 1. The smallest absolute Gasteiger partial charge is 0.252 e. The van der Waals surface area contributed by atoms with E-state index in [1.807, 2.05) is 18.0 Å². The summed E-state index contributed by atoms with van der Waals surface area (Å²) in [6, 6.07) is 1.92. The fraction of sp³-hybridized carbons (Fsp3) is 0.600. The Hall–Kier alpha value is -1.62. The van der Waals surface area contributed by atoms with Gasteiger partial charge in [-0.15, -0.1) is 0 Å². The van der Waals surface area contributed by atoms with Crippen LogP contribution in [0.3, 0.4) is 0 Å². The number of rotatable bonds is 5. The molecule has 0 radical (unpaired) electrons. The third-order valence-corrected chi connectivity index (χ3v) is 3.88. The summed E-state index contributed by atoms with van der Waals surface area (Å²) in [4.78, 5) is 18.4. The molecule has 0 aliphatic heterocycles. The number of hydrogen-bond donors (Lipinski definition) is 2. The Morgan fingerprint density at radius 2 is 2.15 bits per heavy atom. The van der Waals surface area contributed by atoms with Crippen LogP contribution in [0.4, 0.5) is 5.82 Å². The topological polar surface area (TPSA) is 85.2 Å². The summed E-state index contributed by atoms with van der Waals surface area (Å²) in [6.07, 6.45) is 3.07. The van der Waals surface area contributed by atoms with E-state index in [4.69, 9.17) is 11.5 Å². The third kappa shape index (κ3) is 2.93. The number of nitrogens with two attached hydrogens (primary N) is 2. The molecular formula is C15H24N4O. The van der Waals surface area contributed by atoms with Crippen LogP contribution in [0.5, 0.6) is 0 Å². The number of fused-ring (bicyclic) bond motifs is 1. The molecule has 1 aliphatic carbocycles. The average molecular weight is 276 g/mol. The molecule has 20 heavy (non-hydrogen) atoms. The first-order valence-electron chi connectivity index (χ1n) is 7.08. The lowest BCUT2D eigenvalue weighted by Crippen LogP contribution is -2.38. The number of nitrogens with zero attached hydrogens (tertiary/aromatic N) is 2. The summed E-state index contributed by atoms with van der Waals surface area (Å²) in [5.41, 5.74) is 14.0. The Labute approximate surface area is 120 Å². The normalized spacial score (nSPS) is 14.2. The van der Waals surface area contributed by atoms with Gasteiger partial charge < -0.3 is 16.4 Å². The van der Waals surface area contributed by atoms with E-state index in [9.17, 15) is 4.79 Å². The Morgan fingerprint density at radius 1 is 1.45 bits per heavy atom. The molecule has 2 rings (SSSR count). The van der Waals surface area contributed by atoms with Crippen molar-refractivity contribution in [1.82, 2.24) is 4.98 Å². The van der Waals surface area contributed by atoms with Gasteiger partial charge in [-0.25, -0.2) is 4.98 Å². The number of anilines is 1. The van der Waals surface area contributed by atoms with Crippen molar-refractivity contribution >= 4 is 11.7 Å². The summed E-state index contributed by atoms with van der Waals surface area (Å²) in [6.45, 7) is 5.51. The molecule has 1 aromatic rings. The molecule has 110 valence electrons. The number of amides is 1. The standard InChI is InChI=1S/C15H24N4O/c1-15(2,8-16)9-19(3)14-11(13(17)20)7-10-5-4-6-12(10)18-14/h7H,4-6,8-9,16H2,1-3H3,(H2,17,20). The zero-order chi connectivity index (χ0) is 14.9. The number of pyridine rings is 1. The van der Waals surface area contributed by atoms with Crippen molar-refractivity contribution in [2.24, 2.45) is 16.9 Å². The van der Waals surface area contributed by atoms with Gasteiger partial charge in [0.2, 0.25) is 0 Å². The van der Waals surface area contributed by atoms with E-state index in [1.165, 1.54) is 0 Å². The maximum absolute atomic E-state index is 11.7. The van der Waals surface area contributed by atoms with Crippen LogP contribution >= 0.6 is 0 Å². The van der Waals surface area contributed by atoms with Crippen molar-refractivity contribution < 1.29 is 4.79 Å². The van der Waals surface area contributed by atoms with Crippen LogP contribution in [0.2, 0.25) is 0 Å². The van der Waals surface area contributed by atoms with Gasteiger partial charge in [-0.2, -0.15) is 0 Å². The highest BCUT2D eigenvalue weighted by Gasteiger charge is 2.24. The van der Waals surface area contributed by atoms with Gasteiger partial charge >= 0.3 is 0 Å². The van der Waals surface area contributed by atoms with Gasteiger partial charge in [0.15, 0.2) is 0 Å². The van der Waals surface area contributed by atoms with Crippen LogP contribution in [-0.4, -0.2) is 31.0 Å². The van der Waals surface area contributed by atoms with Gasteiger partial charge in [-0.3, -0.25) is 4.79 Å². The Kier molecular flexibility index (Phi) is 3.99. The highest BCUT2D eigenvalue weighted by Crippen LogP contribution is 2.28. The minimum Gasteiger partial charge on any atom is -0.365 e. The fourth-order valence-electron chi connectivity index (χ4n) is 2.71. The summed E-state index contributed by atoms with van der Waals surface area (Å²) in [5.74, 6) is 0.263. The highest BCUT2D eigenvalue weighted by atomic mass is 16.1. The molecule has 0 saturated carbocycles. The predicted molar refractivity (Wildman–Crippen MR) is 80.9 cm³/mol. The number of carbonyl (C=O) groups is 1. The molecule has 0 unspecified atom stereocenters. The van der Waals surface area contributed by atoms with Crippen molar-refractivity contribution in [3.05, 3.63) is 22.9 Å². The second-order valence-electron chi connectivity index (χ2n) is 6.41. The lowest BCUT2D eigenvalue weighted by Gasteiger charge is -2.30. The number of aromatic nitrogens is 1. The van der Waals surface area contributed by atoms with E-state index in [0.29, 0.717) is 17.9 Å². The molecular weight excluding hydrogens is 252 g/mol. The Balaban J connectivity index is 2.37. The van der Waals surface area contributed by atoms with Crippen molar-refractivity contribution in [3.8, 4) is 0 Å². The van der Waals surface area contributed by atoms with E-state index in [-0.39, 0.29) is 5.41 Å². The van der Waals surface area contributed by atoms with Gasteiger partial charge in [-0.1, -0.05) is 13.8 Å². The van der Waals surface area contributed by atoms with E-state index < -0.39 is 5.91 Å². The van der Waals surface area contributed by atoms with Crippen molar-refractivity contribution in [3.63, 3.8) is 0 Å².